The van der Waals surface area contributed by atoms with Crippen molar-refractivity contribution in [3.63, 3.8) is 0 Å². The third-order valence-corrected chi connectivity index (χ3v) is 3.16. The van der Waals surface area contributed by atoms with Crippen LogP contribution < -0.4 is 15.4 Å². The van der Waals surface area contributed by atoms with Gasteiger partial charge in [0.2, 0.25) is 5.91 Å². The van der Waals surface area contributed by atoms with Crippen molar-refractivity contribution in [3.05, 3.63) is 59.9 Å². The third-order valence-electron chi connectivity index (χ3n) is 3.16. The molecule has 0 aliphatic heterocycles. The molecule has 132 valence electrons. The Labute approximate surface area is 141 Å². The molecule has 2 aromatic rings. The van der Waals surface area contributed by atoms with E-state index < -0.39 is 47.6 Å². The molecule has 2 aromatic carbocycles. The molecule has 1 unspecified atom stereocenters. The highest BCUT2D eigenvalue weighted by Crippen LogP contribution is 2.19. The highest BCUT2D eigenvalue weighted by atomic mass is 19.2. The normalized spacial score (nSPS) is 11.5. The number of benzene rings is 2. The van der Waals surface area contributed by atoms with E-state index in [1.807, 2.05) is 5.32 Å². The number of ether oxygens (including phenoxy) is 1. The number of hydrogen-bond acceptors (Lipinski definition) is 3. The van der Waals surface area contributed by atoms with Gasteiger partial charge in [-0.15, -0.1) is 0 Å². The van der Waals surface area contributed by atoms with Crippen LogP contribution >= 0.6 is 0 Å². The SMILES string of the molecule is CC(Oc1ccccc1)C(=O)NCC(=O)Nc1ccc(F)c(F)c1F. The minimum absolute atomic E-state index is 0.485. The summed E-state index contributed by atoms with van der Waals surface area (Å²) in [4.78, 5) is 23.6. The number of carbonyl (C=O) groups excluding carboxylic acids is 2. The topological polar surface area (TPSA) is 67.4 Å². The summed E-state index contributed by atoms with van der Waals surface area (Å²) in [6, 6.07) is 10.2. The van der Waals surface area contributed by atoms with Gasteiger partial charge in [-0.2, -0.15) is 0 Å². The minimum atomic E-state index is -1.69. The van der Waals surface area contributed by atoms with Crippen LogP contribution in [0.3, 0.4) is 0 Å². The molecular formula is C17H15F3N2O3. The quantitative estimate of drug-likeness (QED) is 0.786. The van der Waals surface area contributed by atoms with Gasteiger partial charge in [0, 0.05) is 0 Å². The van der Waals surface area contributed by atoms with Gasteiger partial charge in [-0.25, -0.2) is 13.2 Å². The molecular weight excluding hydrogens is 337 g/mol. The lowest BCUT2D eigenvalue weighted by atomic mass is 10.2. The Bertz CT molecular complexity index is 769. The van der Waals surface area contributed by atoms with E-state index in [-0.39, 0.29) is 0 Å². The minimum Gasteiger partial charge on any atom is -0.481 e. The summed E-state index contributed by atoms with van der Waals surface area (Å²) in [6.45, 7) is 1.01. The van der Waals surface area contributed by atoms with E-state index >= 15 is 0 Å². The summed E-state index contributed by atoms with van der Waals surface area (Å²) in [7, 11) is 0. The smallest absolute Gasteiger partial charge is 0.261 e. The molecule has 2 N–H and O–H groups in total. The summed E-state index contributed by atoms with van der Waals surface area (Å²) < 4.78 is 44.7. The van der Waals surface area contributed by atoms with Crippen molar-refractivity contribution in [1.82, 2.24) is 5.32 Å². The van der Waals surface area contributed by atoms with Crippen LogP contribution in [0.1, 0.15) is 6.92 Å². The van der Waals surface area contributed by atoms with E-state index in [0.717, 1.165) is 6.07 Å². The van der Waals surface area contributed by atoms with Gasteiger partial charge in [0.1, 0.15) is 5.75 Å². The fraction of sp³-hybridized carbons (Fsp3) is 0.176. The lowest BCUT2D eigenvalue weighted by Crippen LogP contribution is -2.40. The van der Waals surface area contributed by atoms with Crippen LogP contribution in [0, 0.1) is 17.5 Å². The lowest BCUT2D eigenvalue weighted by molar-refractivity contribution is -0.129. The maximum atomic E-state index is 13.5. The zero-order valence-electron chi connectivity index (χ0n) is 13.2. The third kappa shape index (κ3) is 4.97. The molecule has 2 rings (SSSR count). The molecule has 0 aromatic heterocycles. The van der Waals surface area contributed by atoms with Crippen LogP contribution in [0.15, 0.2) is 42.5 Å². The summed E-state index contributed by atoms with van der Waals surface area (Å²) in [5.74, 6) is -5.45. The molecule has 0 bridgehead atoms. The zero-order valence-corrected chi connectivity index (χ0v) is 13.2. The van der Waals surface area contributed by atoms with Crippen molar-refractivity contribution < 1.29 is 27.5 Å². The molecule has 0 fully saturated rings. The van der Waals surface area contributed by atoms with E-state index in [9.17, 15) is 22.8 Å². The van der Waals surface area contributed by atoms with E-state index in [0.29, 0.717) is 11.8 Å². The van der Waals surface area contributed by atoms with Crippen molar-refractivity contribution in [2.75, 3.05) is 11.9 Å². The van der Waals surface area contributed by atoms with Crippen molar-refractivity contribution in [1.29, 1.82) is 0 Å². The highest BCUT2D eigenvalue weighted by Gasteiger charge is 2.18. The molecule has 0 saturated carbocycles. The van der Waals surface area contributed by atoms with Crippen LogP contribution in [0.25, 0.3) is 0 Å². The molecule has 25 heavy (non-hydrogen) atoms. The Morgan fingerprint density at radius 3 is 2.40 bits per heavy atom. The Morgan fingerprint density at radius 2 is 1.72 bits per heavy atom. The second-order valence-corrected chi connectivity index (χ2v) is 5.06. The Balaban J connectivity index is 1.85. The van der Waals surface area contributed by atoms with Crippen LogP contribution in [-0.2, 0) is 9.59 Å². The van der Waals surface area contributed by atoms with E-state index in [1.165, 1.54) is 6.92 Å². The largest absolute Gasteiger partial charge is 0.481 e. The summed E-state index contributed by atoms with van der Waals surface area (Å²) in [6.07, 6.45) is -0.866. The predicted molar refractivity (Wildman–Crippen MR) is 84.5 cm³/mol. The van der Waals surface area contributed by atoms with Gasteiger partial charge in [-0.05, 0) is 31.2 Å². The fourth-order valence-corrected chi connectivity index (χ4v) is 1.88. The van der Waals surface area contributed by atoms with Crippen molar-refractivity contribution in [2.24, 2.45) is 0 Å². The van der Waals surface area contributed by atoms with E-state index in [2.05, 4.69) is 5.32 Å². The van der Waals surface area contributed by atoms with Gasteiger partial charge < -0.3 is 15.4 Å². The first-order valence-electron chi connectivity index (χ1n) is 7.31. The van der Waals surface area contributed by atoms with Crippen LogP contribution in [0.4, 0.5) is 18.9 Å². The molecule has 0 spiro atoms. The zero-order chi connectivity index (χ0) is 18.4. The number of hydrogen-bond donors (Lipinski definition) is 2. The second kappa shape index (κ2) is 8.18. The van der Waals surface area contributed by atoms with Gasteiger partial charge in [-0.1, -0.05) is 18.2 Å². The summed E-state index contributed by atoms with van der Waals surface area (Å²) in [5.41, 5.74) is -0.522. The number of anilines is 1. The van der Waals surface area contributed by atoms with Crippen molar-refractivity contribution in [2.45, 2.75) is 13.0 Å². The average Bonchev–Trinajstić information content (AvgIpc) is 2.61. The molecule has 0 heterocycles. The predicted octanol–water partition coefficient (Wildman–Crippen LogP) is 2.63. The summed E-state index contributed by atoms with van der Waals surface area (Å²) in [5, 5.41) is 4.35. The highest BCUT2D eigenvalue weighted by molar-refractivity contribution is 5.95. The number of halogens is 3. The Morgan fingerprint density at radius 1 is 1.04 bits per heavy atom. The number of amides is 2. The average molecular weight is 352 g/mol. The van der Waals surface area contributed by atoms with Crippen LogP contribution in [0.5, 0.6) is 5.75 Å². The number of carbonyl (C=O) groups is 2. The van der Waals surface area contributed by atoms with Gasteiger partial charge in [0.25, 0.3) is 5.91 Å². The molecule has 2 amide bonds. The number of para-hydroxylation sites is 1. The fourth-order valence-electron chi connectivity index (χ4n) is 1.88. The first-order chi connectivity index (χ1) is 11.9. The van der Waals surface area contributed by atoms with Gasteiger partial charge in [0.15, 0.2) is 23.6 Å². The molecule has 0 saturated heterocycles. The van der Waals surface area contributed by atoms with Crippen LogP contribution in [0.2, 0.25) is 0 Å². The molecule has 5 nitrogen and oxygen atoms in total. The molecule has 1 atom stereocenters. The number of rotatable bonds is 6. The van der Waals surface area contributed by atoms with Gasteiger partial charge in [0.05, 0.1) is 12.2 Å². The Hall–Kier alpha value is -3.03. The maximum absolute atomic E-state index is 13.5. The van der Waals surface area contributed by atoms with E-state index in [4.69, 9.17) is 4.74 Å². The maximum Gasteiger partial charge on any atom is 0.261 e. The molecule has 8 heteroatoms. The molecule has 0 radical (unpaired) electrons. The van der Waals surface area contributed by atoms with E-state index in [1.54, 1.807) is 30.3 Å². The first kappa shape index (κ1) is 18.3. The number of nitrogens with one attached hydrogen (secondary N) is 2. The molecule has 0 aliphatic carbocycles. The van der Waals surface area contributed by atoms with Crippen molar-refractivity contribution >= 4 is 17.5 Å². The monoisotopic (exact) mass is 352 g/mol. The van der Waals surface area contributed by atoms with Crippen molar-refractivity contribution in [3.8, 4) is 5.75 Å². The lowest BCUT2D eigenvalue weighted by Gasteiger charge is -2.14. The van der Waals surface area contributed by atoms with Gasteiger partial charge >= 0.3 is 0 Å². The standard InChI is InChI=1S/C17H15F3N2O3/c1-10(25-11-5-3-2-4-6-11)17(24)21-9-14(23)22-13-8-7-12(18)15(19)16(13)20/h2-8,10H,9H2,1H3,(H,21,24)(H,22,23). The molecule has 0 aliphatic rings. The van der Waals surface area contributed by atoms with Gasteiger partial charge in [-0.3, -0.25) is 9.59 Å². The second-order valence-electron chi connectivity index (χ2n) is 5.06. The summed E-state index contributed by atoms with van der Waals surface area (Å²) >= 11 is 0. The Kier molecular flexibility index (Phi) is 5.99. The van der Waals surface area contributed by atoms with Crippen LogP contribution in [-0.4, -0.2) is 24.5 Å². The first-order valence-corrected chi connectivity index (χ1v) is 7.31.